The Labute approximate surface area is 119 Å². The standard InChI is InChI=1S/C12H18Cl2N.BrH/c1-2-15(10-8-13,11-9-14)12-6-4-3-5-7-12;/h3-7H,2,8-11H2,1H3;1H/q+1;/p-1. The Morgan fingerprint density at radius 1 is 1.00 bits per heavy atom. The van der Waals surface area contributed by atoms with E-state index in [9.17, 15) is 0 Å². The van der Waals surface area contributed by atoms with Crippen molar-refractivity contribution in [3.63, 3.8) is 0 Å². The minimum atomic E-state index is 0. The van der Waals surface area contributed by atoms with E-state index in [1.807, 2.05) is 6.07 Å². The maximum absolute atomic E-state index is 5.89. The van der Waals surface area contributed by atoms with Crippen LogP contribution in [0.15, 0.2) is 30.3 Å². The predicted octanol–water partition coefficient (Wildman–Crippen LogP) is 0.495. The molecule has 0 saturated heterocycles. The minimum absolute atomic E-state index is 0. The second kappa shape index (κ2) is 8.35. The van der Waals surface area contributed by atoms with Crippen LogP contribution in [0.5, 0.6) is 0 Å². The maximum Gasteiger partial charge on any atom is 0.132 e. The van der Waals surface area contributed by atoms with E-state index in [1.54, 1.807) is 0 Å². The van der Waals surface area contributed by atoms with Gasteiger partial charge in [-0.1, -0.05) is 18.2 Å². The van der Waals surface area contributed by atoms with Crippen LogP contribution < -0.4 is 21.5 Å². The summed E-state index contributed by atoms with van der Waals surface area (Å²) in [5.74, 6) is 1.33. The van der Waals surface area contributed by atoms with Gasteiger partial charge in [-0.15, -0.1) is 23.2 Å². The van der Waals surface area contributed by atoms with E-state index in [0.29, 0.717) is 11.8 Å². The third-order valence-corrected chi connectivity index (χ3v) is 3.27. The predicted molar refractivity (Wildman–Crippen MR) is 70.0 cm³/mol. The van der Waals surface area contributed by atoms with Crippen LogP contribution in [0.1, 0.15) is 6.92 Å². The van der Waals surface area contributed by atoms with Gasteiger partial charge in [0.25, 0.3) is 0 Å². The molecule has 0 saturated carbocycles. The average molecular weight is 327 g/mol. The summed E-state index contributed by atoms with van der Waals surface area (Å²) in [7, 11) is 0. The Balaban J connectivity index is 0.00000225. The fourth-order valence-electron chi connectivity index (χ4n) is 1.94. The topological polar surface area (TPSA) is 0 Å². The third-order valence-electron chi connectivity index (χ3n) is 2.93. The number of benzene rings is 1. The number of rotatable bonds is 6. The molecular weight excluding hydrogens is 309 g/mol. The monoisotopic (exact) mass is 325 g/mol. The Morgan fingerprint density at radius 2 is 1.50 bits per heavy atom. The number of hydrogen-bond acceptors (Lipinski definition) is 0. The van der Waals surface area contributed by atoms with Crippen LogP contribution in [-0.4, -0.2) is 31.4 Å². The van der Waals surface area contributed by atoms with Crippen molar-refractivity contribution in [2.24, 2.45) is 0 Å². The molecule has 0 fully saturated rings. The lowest BCUT2D eigenvalue weighted by molar-refractivity contribution is -0.00000299. The number of quaternary nitrogens is 1. The molecule has 0 N–H and O–H groups in total. The summed E-state index contributed by atoms with van der Waals surface area (Å²) in [6, 6.07) is 10.5. The minimum Gasteiger partial charge on any atom is -1.00 e. The molecule has 0 aliphatic rings. The molecule has 0 radical (unpaired) electrons. The van der Waals surface area contributed by atoms with Crippen LogP contribution in [-0.2, 0) is 0 Å². The van der Waals surface area contributed by atoms with Crippen LogP contribution in [0.3, 0.4) is 0 Å². The van der Waals surface area contributed by atoms with Gasteiger partial charge in [-0.3, -0.25) is 4.48 Å². The van der Waals surface area contributed by atoms with Crippen molar-refractivity contribution in [1.29, 1.82) is 0 Å². The first-order valence-electron chi connectivity index (χ1n) is 5.32. The molecule has 0 unspecified atom stereocenters. The molecule has 1 aromatic carbocycles. The Hall–Kier alpha value is 0.240. The van der Waals surface area contributed by atoms with Crippen LogP contribution >= 0.6 is 23.2 Å². The molecule has 1 aromatic rings. The quantitative estimate of drug-likeness (QED) is 0.527. The number of nitrogens with zero attached hydrogens (tertiary/aromatic N) is 1. The molecule has 0 aliphatic heterocycles. The van der Waals surface area contributed by atoms with E-state index in [0.717, 1.165) is 24.1 Å². The molecule has 0 heterocycles. The third kappa shape index (κ3) is 3.92. The molecule has 4 heteroatoms. The molecule has 1 rings (SSSR count). The van der Waals surface area contributed by atoms with Crippen molar-refractivity contribution in [3.8, 4) is 0 Å². The van der Waals surface area contributed by atoms with Gasteiger partial charge in [-0.25, -0.2) is 0 Å². The molecule has 0 atom stereocenters. The zero-order chi connectivity index (χ0) is 11.1. The number of alkyl halides is 2. The van der Waals surface area contributed by atoms with E-state index < -0.39 is 0 Å². The van der Waals surface area contributed by atoms with E-state index in [4.69, 9.17) is 23.2 Å². The Kier molecular flexibility index (Phi) is 8.47. The summed E-state index contributed by atoms with van der Waals surface area (Å²) in [5, 5.41) is 0. The van der Waals surface area contributed by atoms with Gasteiger partial charge in [-0.2, -0.15) is 0 Å². The Morgan fingerprint density at radius 3 is 1.88 bits per heavy atom. The maximum atomic E-state index is 5.89. The van der Waals surface area contributed by atoms with E-state index in [2.05, 4.69) is 31.2 Å². The molecule has 0 bridgehead atoms. The van der Waals surface area contributed by atoms with Gasteiger partial charge < -0.3 is 17.0 Å². The molecule has 0 amide bonds. The smallest absolute Gasteiger partial charge is 0.132 e. The van der Waals surface area contributed by atoms with Gasteiger partial charge >= 0.3 is 0 Å². The van der Waals surface area contributed by atoms with Crippen molar-refractivity contribution in [2.75, 3.05) is 31.4 Å². The molecule has 0 aromatic heterocycles. The molecule has 16 heavy (non-hydrogen) atoms. The lowest BCUT2D eigenvalue weighted by atomic mass is 10.2. The van der Waals surface area contributed by atoms with Crippen LogP contribution in [0.2, 0.25) is 0 Å². The fourth-order valence-corrected chi connectivity index (χ4v) is 2.58. The van der Waals surface area contributed by atoms with Crippen LogP contribution in [0.4, 0.5) is 5.69 Å². The first-order chi connectivity index (χ1) is 7.29. The zero-order valence-corrected chi connectivity index (χ0v) is 12.6. The van der Waals surface area contributed by atoms with Gasteiger partial charge in [0.05, 0.1) is 31.4 Å². The summed E-state index contributed by atoms with van der Waals surface area (Å²) in [4.78, 5) is 0. The fraction of sp³-hybridized carbons (Fsp3) is 0.500. The van der Waals surface area contributed by atoms with Crippen molar-refractivity contribution in [3.05, 3.63) is 30.3 Å². The van der Waals surface area contributed by atoms with Crippen molar-refractivity contribution >= 4 is 28.9 Å². The summed E-state index contributed by atoms with van der Waals surface area (Å²) in [6.07, 6.45) is 0. The highest BCUT2D eigenvalue weighted by molar-refractivity contribution is 6.18. The summed E-state index contributed by atoms with van der Waals surface area (Å²) >= 11 is 11.8. The second-order valence-electron chi connectivity index (χ2n) is 3.62. The largest absolute Gasteiger partial charge is 1.00 e. The van der Waals surface area contributed by atoms with E-state index >= 15 is 0 Å². The van der Waals surface area contributed by atoms with Crippen molar-refractivity contribution in [2.45, 2.75) is 6.92 Å². The average Bonchev–Trinajstić information content (AvgIpc) is 2.30. The molecule has 0 aliphatic carbocycles. The first kappa shape index (κ1) is 16.2. The highest BCUT2D eigenvalue weighted by Crippen LogP contribution is 2.22. The van der Waals surface area contributed by atoms with Crippen LogP contribution in [0.25, 0.3) is 0 Å². The lowest BCUT2D eigenvalue weighted by Crippen LogP contribution is -3.00. The van der Waals surface area contributed by atoms with Crippen molar-refractivity contribution < 1.29 is 17.0 Å². The highest BCUT2D eigenvalue weighted by atomic mass is 79.9. The number of halogens is 3. The van der Waals surface area contributed by atoms with Crippen LogP contribution in [0, 0.1) is 0 Å². The van der Waals surface area contributed by atoms with Gasteiger partial charge in [0.1, 0.15) is 5.69 Å². The lowest BCUT2D eigenvalue weighted by Gasteiger charge is -2.36. The van der Waals surface area contributed by atoms with E-state index in [1.165, 1.54) is 5.69 Å². The van der Waals surface area contributed by atoms with E-state index in [-0.39, 0.29) is 17.0 Å². The second-order valence-corrected chi connectivity index (χ2v) is 4.38. The normalized spacial score (nSPS) is 10.9. The van der Waals surface area contributed by atoms with Crippen molar-refractivity contribution in [1.82, 2.24) is 4.48 Å². The zero-order valence-electron chi connectivity index (χ0n) is 9.50. The van der Waals surface area contributed by atoms with Gasteiger partial charge in [0.15, 0.2) is 0 Å². The highest BCUT2D eigenvalue weighted by Gasteiger charge is 2.26. The van der Waals surface area contributed by atoms with Gasteiger partial charge in [-0.05, 0) is 19.1 Å². The number of hydrogen-bond donors (Lipinski definition) is 0. The SMILES string of the molecule is CC[N+](CCCl)(CCCl)c1ccccc1.[Br-]. The first-order valence-corrected chi connectivity index (χ1v) is 6.39. The summed E-state index contributed by atoms with van der Waals surface area (Å²) in [5.41, 5.74) is 1.31. The number of para-hydroxylation sites is 1. The summed E-state index contributed by atoms with van der Waals surface area (Å²) < 4.78 is 0.883. The van der Waals surface area contributed by atoms with Gasteiger partial charge in [0.2, 0.25) is 0 Å². The summed E-state index contributed by atoms with van der Waals surface area (Å²) in [6.45, 7) is 5.10. The molecular formula is C12H18BrCl2N. The van der Waals surface area contributed by atoms with Gasteiger partial charge in [0, 0.05) is 0 Å². The molecule has 1 nitrogen and oxygen atoms in total. The molecule has 92 valence electrons. The Bertz CT molecular complexity index is 274. The molecule has 0 spiro atoms.